The number of carbonyl (C=O) groups is 1. The Bertz CT molecular complexity index is 776. The third-order valence-corrected chi connectivity index (χ3v) is 2.53. The first-order valence-corrected chi connectivity index (χ1v) is 5.26. The zero-order valence-electron chi connectivity index (χ0n) is 9.81. The molecule has 0 atom stereocenters. The Balaban J connectivity index is 2.79. The fraction of sp³-hybridized carbons (Fsp3) is 0.0833. The molecule has 0 saturated heterocycles. The van der Waals surface area contributed by atoms with Crippen molar-refractivity contribution in [1.29, 1.82) is 0 Å². The SMILES string of the molecule is Cc1ccc(F)c(-n2cc(C(=O)O)c(=O)[nH]c2=O)c1. The Kier molecular flexibility index (Phi) is 3.04. The number of H-pyrrole nitrogens is 1. The van der Waals surface area contributed by atoms with Gasteiger partial charge in [-0.2, -0.15) is 0 Å². The number of aromatic nitrogens is 2. The maximum Gasteiger partial charge on any atom is 0.342 e. The van der Waals surface area contributed by atoms with Crippen molar-refractivity contribution in [3.8, 4) is 5.69 Å². The summed E-state index contributed by atoms with van der Waals surface area (Å²) in [6.07, 6.45) is 0.807. The van der Waals surface area contributed by atoms with Crippen LogP contribution in [0.25, 0.3) is 5.69 Å². The standard InChI is InChI=1S/C12H9FN2O4/c1-6-2-3-8(13)9(4-6)15-5-7(11(17)18)10(16)14-12(15)19/h2-5H,1H3,(H,17,18)(H,14,16,19). The van der Waals surface area contributed by atoms with Crippen LogP contribution in [0.2, 0.25) is 0 Å². The molecule has 0 fully saturated rings. The van der Waals surface area contributed by atoms with Crippen LogP contribution in [0.4, 0.5) is 4.39 Å². The third-order valence-electron chi connectivity index (χ3n) is 2.53. The first-order valence-electron chi connectivity index (χ1n) is 5.26. The molecule has 6 nitrogen and oxygen atoms in total. The van der Waals surface area contributed by atoms with Crippen molar-refractivity contribution >= 4 is 5.97 Å². The number of halogens is 1. The van der Waals surface area contributed by atoms with E-state index in [9.17, 15) is 18.8 Å². The summed E-state index contributed by atoms with van der Waals surface area (Å²) in [5, 5.41) is 8.82. The zero-order chi connectivity index (χ0) is 14.2. The predicted molar refractivity (Wildman–Crippen MR) is 64.3 cm³/mol. The van der Waals surface area contributed by atoms with Gasteiger partial charge in [0.1, 0.15) is 11.4 Å². The van der Waals surface area contributed by atoms with Crippen LogP contribution in [-0.2, 0) is 0 Å². The summed E-state index contributed by atoms with van der Waals surface area (Å²) in [4.78, 5) is 35.6. The maximum atomic E-state index is 13.7. The Morgan fingerprint density at radius 3 is 2.68 bits per heavy atom. The van der Waals surface area contributed by atoms with E-state index in [-0.39, 0.29) is 5.69 Å². The van der Waals surface area contributed by atoms with Crippen molar-refractivity contribution in [2.24, 2.45) is 0 Å². The lowest BCUT2D eigenvalue weighted by Crippen LogP contribution is -2.32. The average molecular weight is 264 g/mol. The summed E-state index contributed by atoms with van der Waals surface area (Å²) < 4.78 is 14.4. The molecule has 0 aliphatic carbocycles. The molecular formula is C12H9FN2O4. The summed E-state index contributed by atoms with van der Waals surface area (Å²) in [5.74, 6) is -2.20. The van der Waals surface area contributed by atoms with Gasteiger partial charge in [0.05, 0.1) is 5.69 Å². The molecule has 0 bridgehead atoms. The van der Waals surface area contributed by atoms with Gasteiger partial charge in [-0.25, -0.2) is 14.0 Å². The second-order valence-electron chi connectivity index (χ2n) is 3.93. The Hall–Kier alpha value is -2.70. The van der Waals surface area contributed by atoms with Crippen LogP contribution in [0, 0.1) is 12.7 Å². The number of carboxylic acids is 1. The average Bonchev–Trinajstić information content (AvgIpc) is 2.32. The van der Waals surface area contributed by atoms with E-state index in [1.54, 1.807) is 6.92 Å². The summed E-state index contributed by atoms with van der Waals surface area (Å²) >= 11 is 0. The quantitative estimate of drug-likeness (QED) is 0.833. The lowest BCUT2D eigenvalue weighted by Gasteiger charge is -2.08. The van der Waals surface area contributed by atoms with E-state index in [1.165, 1.54) is 12.1 Å². The number of rotatable bonds is 2. The molecule has 2 aromatic rings. The van der Waals surface area contributed by atoms with Gasteiger partial charge >= 0.3 is 11.7 Å². The molecule has 2 rings (SSSR count). The van der Waals surface area contributed by atoms with E-state index >= 15 is 0 Å². The van der Waals surface area contributed by atoms with Crippen molar-refractivity contribution in [1.82, 2.24) is 9.55 Å². The molecule has 1 aromatic heterocycles. The predicted octanol–water partition coefficient (Wildman–Crippen LogP) is 0.672. The summed E-state index contributed by atoms with van der Waals surface area (Å²) in [7, 11) is 0. The molecule has 1 heterocycles. The normalized spacial score (nSPS) is 10.4. The van der Waals surface area contributed by atoms with Crippen molar-refractivity contribution in [3.63, 3.8) is 0 Å². The third kappa shape index (κ3) is 2.30. The maximum absolute atomic E-state index is 13.7. The summed E-state index contributed by atoms with van der Waals surface area (Å²) in [6.45, 7) is 1.69. The van der Waals surface area contributed by atoms with Crippen LogP contribution in [0.15, 0.2) is 34.0 Å². The van der Waals surface area contributed by atoms with Crippen LogP contribution in [0.1, 0.15) is 15.9 Å². The van der Waals surface area contributed by atoms with E-state index in [0.717, 1.165) is 16.8 Å². The van der Waals surface area contributed by atoms with Gasteiger partial charge in [-0.15, -0.1) is 0 Å². The van der Waals surface area contributed by atoms with Gasteiger partial charge in [-0.3, -0.25) is 14.3 Å². The molecule has 98 valence electrons. The monoisotopic (exact) mass is 264 g/mol. The highest BCUT2D eigenvalue weighted by molar-refractivity contribution is 5.86. The van der Waals surface area contributed by atoms with Crippen molar-refractivity contribution in [2.45, 2.75) is 6.92 Å². The second kappa shape index (κ2) is 4.52. The highest BCUT2D eigenvalue weighted by Gasteiger charge is 2.14. The van der Waals surface area contributed by atoms with E-state index < -0.39 is 28.6 Å². The van der Waals surface area contributed by atoms with Crippen LogP contribution >= 0.6 is 0 Å². The lowest BCUT2D eigenvalue weighted by atomic mass is 10.2. The Morgan fingerprint density at radius 2 is 2.05 bits per heavy atom. The van der Waals surface area contributed by atoms with Crippen molar-refractivity contribution in [2.75, 3.05) is 0 Å². The molecule has 0 spiro atoms. The van der Waals surface area contributed by atoms with E-state index in [2.05, 4.69) is 0 Å². The number of aromatic carboxylic acids is 1. The van der Waals surface area contributed by atoms with Gasteiger partial charge in [-0.05, 0) is 24.6 Å². The smallest absolute Gasteiger partial charge is 0.342 e. The molecule has 0 aliphatic rings. The van der Waals surface area contributed by atoms with E-state index in [4.69, 9.17) is 5.11 Å². The van der Waals surface area contributed by atoms with Gasteiger partial charge < -0.3 is 5.11 Å². The van der Waals surface area contributed by atoms with Gasteiger partial charge in [0.15, 0.2) is 0 Å². The van der Waals surface area contributed by atoms with Gasteiger partial charge in [-0.1, -0.05) is 6.07 Å². The highest BCUT2D eigenvalue weighted by atomic mass is 19.1. The summed E-state index contributed by atoms with van der Waals surface area (Å²) in [5.41, 5.74) is -2.00. The number of nitrogens with one attached hydrogen (secondary N) is 1. The zero-order valence-corrected chi connectivity index (χ0v) is 9.81. The van der Waals surface area contributed by atoms with E-state index in [0.29, 0.717) is 5.56 Å². The van der Waals surface area contributed by atoms with Crippen LogP contribution in [-0.4, -0.2) is 20.6 Å². The highest BCUT2D eigenvalue weighted by Crippen LogP contribution is 2.13. The van der Waals surface area contributed by atoms with Gasteiger partial charge in [0.2, 0.25) is 0 Å². The molecule has 0 radical (unpaired) electrons. The van der Waals surface area contributed by atoms with Gasteiger partial charge in [0, 0.05) is 6.20 Å². The molecular weight excluding hydrogens is 255 g/mol. The van der Waals surface area contributed by atoms with Crippen molar-refractivity contribution < 1.29 is 14.3 Å². The Morgan fingerprint density at radius 1 is 1.37 bits per heavy atom. The number of nitrogens with zero attached hydrogens (tertiary/aromatic N) is 1. The van der Waals surface area contributed by atoms with Gasteiger partial charge in [0.25, 0.3) is 5.56 Å². The molecule has 0 amide bonds. The minimum absolute atomic E-state index is 0.122. The second-order valence-corrected chi connectivity index (χ2v) is 3.93. The Labute approximate surface area is 105 Å². The largest absolute Gasteiger partial charge is 0.477 e. The number of carboxylic acid groups (broad SMARTS) is 1. The summed E-state index contributed by atoms with van der Waals surface area (Å²) in [6, 6.07) is 4.04. The van der Waals surface area contributed by atoms with Crippen LogP contribution in [0.3, 0.4) is 0 Å². The molecule has 0 saturated carbocycles. The fourth-order valence-corrected chi connectivity index (χ4v) is 1.61. The molecule has 7 heteroatoms. The number of hydrogen-bond acceptors (Lipinski definition) is 3. The van der Waals surface area contributed by atoms with Crippen LogP contribution in [0.5, 0.6) is 0 Å². The number of aryl methyl sites for hydroxylation is 1. The number of aromatic amines is 1. The fourth-order valence-electron chi connectivity index (χ4n) is 1.61. The van der Waals surface area contributed by atoms with E-state index in [1.807, 2.05) is 4.98 Å². The van der Waals surface area contributed by atoms with Crippen LogP contribution < -0.4 is 11.2 Å². The number of hydrogen-bond donors (Lipinski definition) is 2. The molecule has 2 N–H and O–H groups in total. The van der Waals surface area contributed by atoms with Crippen molar-refractivity contribution in [3.05, 3.63) is 62.2 Å². The number of benzene rings is 1. The minimum atomic E-state index is -1.50. The molecule has 1 aromatic carbocycles. The molecule has 0 unspecified atom stereocenters. The topological polar surface area (TPSA) is 92.2 Å². The molecule has 19 heavy (non-hydrogen) atoms. The lowest BCUT2D eigenvalue weighted by molar-refractivity contribution is 0.0694. The minimum Gasteiger partial charge on any atom is -0.477 e. The first kappa shape index (κ1) is 12.7. The molecule has 0 aliphatic heterocycles. The first-order chi connectivity index (χ1) is 8.90.